The number of alkyl halides is 3. The van der Waals surface area contributed by atoms with E-state index in [0.717, 1.165) is 18.2 Å². The summed E-state index contributed by atoms with van der Waals surface area (Å²) in [5.74, 6) is -1.90. The van der Waals surface area contributed by atoms with E-state index in [1.54, 1.807) is 0 Å². The number of hydrogen-bond donors (Lipinski definition) is 2. The van der Waals surface area contributed by atoms with Gasteiger partial charge in [0.1, 0.15) is 5.65 Å². The van der Waals surface area contributed by atoms with Crippen LogP contribution < -0.4 is 4.72 Å². The van der Waals surface area contributed by atoms with Gasteiger partial charge in [-0.05, 0) is 42.5 Å². The molecule has 0 aliphatic heterocycles. The second-order valence-corrected chi connectivity index (χ2v) is 8.99. The molecule has 4 rings (SSSR count). The molecule has 0 aliphatic rings. The molecule has 0 amide bonds. The van der Waals surface area contributed by atoms with Crippen molar-refractivity contribution in [2.45, 2.75) is 11.1 Å². The van der Waals surface area contributed by atoms with Gasteiger partial charge in [-0.3, -0.25) is 9.52 Å². The maximum atomic E-state index is 15.1. The minimum Gasteiger partial charge on any atom is -0.345 e. The molecule has 0 bridgehead atoms. The average Bonchev–Trinajstić information content (AvgIpc) is 3.17. The third-order valence-electron chi connectivity index (χ3n) is 4.72. The smallest absolute Gasteiger partial charge is 0.345 e. The van der Waals surface area contributed by atoms with Crippen molar-refractivity contribution >= 4 is 44.1 Å². The number of carbonyl (C=O) groups excluding carboxylic acids is 1. The summed E-state index contributed by atoms with van der Waals surface area (Å²) in [6, 6.07) is 7.69. The van der Waals surface area contributed by atoms with Crippen LogP contribution in [0.3, 0.4) is 0 Å². The first kappa shape index (κ1) is 22.7. The molecule has 0 saturated heterocycles. The topological polar surface area (TPSA) is 91.9 Å². The van der Waals surface area contributed by atoms with Crippen LogP contribution in [-0.2, 0) is 16.2 Å². The van der Waals surface area contributed by atoms with Gasteiger partial charge in [0.15, 0.2) is 11.6 Å². The standard InChI is InChI=1S/C21H12ClF4N3O3S/c22-12-8-15-16(10-28-20(15)27-9-12)19(30)14-2-1-3-17(18(14)23)29-33(31,32)13-6-4-11(5-7-13)21(24,25)26/h1-10,29H,(H,27,28). The second kappa shape index (κ2) is 8.16. The highest BCUT2D eigenvalue weighted by Crippen LogP contribution is 2.31. The fraction of sp³-hybridized carbons (Fsp3) is 0.0476. The second-order valence-electron chi connectivity index (χ2n) is 6.88. The lowest BCUT2D eigenvalue weighted by Gasteiger charge is -2.12. The van der Waals surface area contributed by atoms with E-state index < -0.39 is 49.5 Å². The van der Waals surface area contributed by atoms with Gasteiger partial charge in [-0.15, -0.1) is 0 Å². The van der Waals surface area contributed by atoms with E-state index in [2.05, 4.69) is 9.97 Å². The number of aromatic nitrogens is 2. The minimum atomic E-state index is -4.64. The van der Waals surface area contributed by atoms with E-state index >= 15 is 4.39 Å². The van der Waals surface area contributed by atoms with Crippen LogP contribution >= 0.6 is 11.6 Å². The number of nitrogens with one attached hydrogen (secondary N) is 2. The zero-order valence-corrected chi connectivity index (χ0v) is 17.8. The number of sulfonamides is 1. The summed E-state index contributed by atoms with van der Waals surface area (Å²) in [4.78, 5) is 19.2. The van der Waals surface area contributed by atoms with E-state index in [0.29, 0.717) is 23.2 Å². The quantitative estimate of drug-likeness (QED) is 0.285. The molecule has 0 radical (unpaired) electrons. The lowest BCUT2D eigenvalue weighted by Crippen LogP contribution is -2.16. The number of benzene rings is 2. The predicted octanol–water partition coefficient (Wildman–Crippen LogP) is 5.41. The first-order valence-electron chi connectivity index (χ1n) is 9.13. The highest BCUT2D eigenvalue weighted by molar-refractivity contribution is 7.92. The molecule has 0 fully saturated rings. The van der Waals surface area contributed by atoms with E-state index in [9.17, 15) is 26.4 Å². The molecule has 6 nitrogen and oxygen atoms in total. The summed E-state index contributed by atoms with van der Waals surface area (Å²) in [6.07, 6.45) is -1.95. The van der Waals surface area contributed by atoms with Crippen molar-refractivity contribution in [2.24, 2.45) is 0 Å². The van der Waals surface area contributed by atoms with Crippen LogP contribution in [0.2, 0.25) is 5.02 Å². The molecule has 4 aromatic rings. The van der Waals surface area contributed by atoms with Crippen LogP contribution in [-0.4, -0.2) is 24.2 Å². The Kier molecular flexibility index (Phi) is 5.62. The van der Waals surface area contributed by atoms with Gasteiger partial charge in [-0.1, -0.05) is 17.7 Å². The van der Waals surface area contributed by atoms with E-state index in [1.165, 1.54) is 30.6 Å². The number of ketones is 1. The number of fused-ring (bicyclic) bond motifs is 1. The van der Waals surface area contributed by atoms with Crippen LogP contribution in [0.1, 0.15) is 21.5 Å². The van der Waals surface area contributed by atoms with Crippen molar-refractivity contribution in [1.29, 1.82) is 0 Å². The van der Waals surface area contributed by atoms with Gasteiger partial charge in [-0.2, -0.15) is 13.2 Å². The van der Waals surface area contributed by atoms with Crippen molar-refractivity contribution in [1.82, 2.24) is 9.97 Å². The average molecular weight is 498 g/mol. The molecular weight excluding hydrogens is 486 g/mol. The monoisotopic (exact) mass is 497 g/mol. The number of anilines is 1. The van der Waals surface area contributed by atoms with Crippen LogP contribution in [0.25, 0.3) is 11.0 Å². The molecule has 0 spiro atoms. The Labute approximate surface area is 189 Å². The third-order valence-corrected chi connectivity index (χ3v) is 6.31. The molecule has 0 atom stereocenters. The maximum Gasteiger partial charge on any atom is 0.416 e. The van der Waals surface area contributed by atoms with Gasteiger partial charge in [0.25, 0.3) is 10.0 Å². The summed E-state index contributed by atoms with van der Waals surface area (Å²) >= 11 is 5.92. The van der Waals surface area contributed by atoms with Crippen LogP contribution in [0, 0.1) is 5.82 Å². The van der Waals surface area contributed by atoms with Crippen LogP contribution in [0.5, 0.6) is 0 Å². The Hall–Kier alpha value is -3.44. The van der Waals surface area contributed by atoms with Gasteiger partial charge in [0, 0.05) is 23.3 Å². The Balaban J connectivity index is 1.67. The predicted molar refractivity (Wildman–Crippen MR) is 113 cm³/mol. The number of rotatable bonds is 5. The number of nitrogens with zero attached hydrogens (tertiary/aromatic N) is 1. The van der Waals surface area contributed by atoms with Gasteiger partial charge in [-0.25, -0.2) is 17.8 Å². The number of carbonyl (C=O) groups is 1. The molecule has 33 heavy (non-hydrogen) atoms. The van der Waals surface area contributed by atoms with Gasteiger partial charge < -0.3 is 4.98 Å². The van der Waals surface area contributed by atoms with Crippen molar-refractivity contribution in [3.8, 4) is 0 Å². The summed E-state index contributed by atoms with van der Waals surface area (Å²) in [7, 11) is -4.44. The Morgan fingerprint density at radius 3 is 2.42 bits per heavy atom. The highest BCUT2D eigenvalue weighted by atomic mass is 35.5. The number of pyridine rings is 1. The molecule has 2 aromatic carbocycles. The summed E-state index contributed by atoms with van der Waals surface area (Å²) in [5, 5.41) is 0.609. The molecule has 170 valence electrons. The first-order chi connectivity index (χ1) is 15.5. The summed E-state index contributed by atoms with van der Waals surface area (Å²) in [5.41, 5.74) is -1.59. The highest BCUT2D eigenvalue weighted by Gasteiger charge is 2.31. The van der Waals surface area contributed by atoms with E-state index in [1.807, 2.05) is 4.72 Å². The lowest BCUT2D eigenvalue weighted by molar-refractivity contribution is -0.137. The van der Waals surface area contributed by atoms with Crippen molar-refractivity contribution < 1.29 is 30.8 Å². The number of hydrogen-bond acceptors (Lipinski definition) is 4. The molecule has 2 N–H and O–H groups in total. The largest absolute Gasteiger partial charge is 0.416 e. The Bertz CT molecular complexity index is 1480. The Morgan fingerprint density at radius 2 is 1.76 bits per heavy atom. The molecule has 0 saturated carbocycles. The maximum absolute atomic E-state index is 15.1. The van der Waals surface area contributed by atoms with Gasteiger partial charge >= 0.3 is 6.18 Å². The van der Waals surface area contributed by atoms with Gasteiger partial charge in [0.05, 0.1) is 26.7 Å². The SMILES string of the molecule is O=C(c1cccc(NS(=O)(=O)c2ccc(C(F)(F)F)cc2)c1F)c1c[nH]c2ncc(Cl)cc12. The first-order valence-corrected chi connectivity index (χ1v) is 11.0. The van der Waals surface area contributed by atoms with E-state index in [-0.39, 0.29) is 10.6 Å². The molecular formula is C21H12ClF4N3O3S. The fourth-order valence-corrected chi connectivity index (χ4v) is 4.34. The minimum absolute atomic E-state index is 0.0710. The molecule has 2 aromatic heterocycles. The van der Waals surface area contributed by atoms with Crippen LogP contribution in [0.4, 0.5) is 23.2 Å². The lowest BCUT2D eigenvalue weighted by atomic mass is 10.0. The Morgan fingerprint density at radius 1 is 1.06 bits per heavy atom. The number of H-pyrrole nitrogens is 1. The summed E-state index contributed by atoms with van der Waals surface area (Å²) in [6.45, 7) is 0. The number of halogens is 5. The zero-order valence-electron chi connectivity index (χ0n) is 16.2. The third kappa shape index (κ3) is 4.41. The molecule has 12 heteroatoms. The van der Waals surface area contributed by atoms with E-state index in [4.69, 9.17) is 11.6 Å². The summed E-state index contributed by atoms with van der Waals surface area (Å²) < 4.78 is 80.3. The molecule has 0 aliphatic carbocycles. The van der Waals surface area contributed by atoms with Crippen molar-refractivity contribution in [2.75, 3.05) is 4.72 Å². The number of aromatic amines is 1. The fourth-order valence-electron chi connectivity index (χ4n) is 3.12. The van der Waals surface area contributed by atoms with Gasteiger partial charge in [0.2, 0.25) is 0 Å². The molecule has 0 unspecified atom stereocenters. The molecule has 2 heterocycles. The van der Waals surface area contributed by atoms with Crippen molar-refractivity contribution in [3.05, 3.63) is 88.5 Å². The van der Waals surface area contributed by atoms with Crippen molar-refractivity contribution in [3.63, 3.8) is 0 Å². The normalized spacial score (nSPS) is 12.2. The zero-order chi connectivity index (χ0) is 24.0. The van der Waals surface area contributed by atoms with Crippen LogP contribution in [0.15, 0.2) is 65.8 Å².